The van der Waals surface area contributed by atoms with Crippen molar-refractivity contribution in [3.63, 3.8) is 0 Å². The maximum atomic E-state index is 13.5. The minimum Gasteiger partial charge on any atom is -0.484 e. The number of benzene rings is 2. The molecule has 0 aliphatic carbocycles. The molecule has 5 aromatic rings. The van der Waals surface area contributed by atoms with Crippen LogP contribution in [0.5, 0.6) is 5.75 Å². The smallest absolute Gasteiger partial charge is 0.306 e. The molecule has 39 heavy (non-hydrogen) atoms. The number of imidazole rings is 1. The predicted molar refractivity (Wildman–Crippen MR) is 144 cm³/mol. The van der Waals surface area contributed by atoms with E-state index in [9.17, 15) is 9.18 Å². The maximum Gasteiger partial charge on any atom is 0.306 e. The molecule has 0 spiro atoms. The lowest BCUT2D eigenvalue weighted by Gasteiger charge is -2.32. The van der Waals surface area contributed by atoms with Crippen LogP contribution in [0.3, 0.4) is 0 Å². The summed E-state index contributed by atoms with van der Waals surface area (Å²) in [4.78, 5) is 28.2. The van der Waals surface area contributed by atoms with Gasteiger partial charge in [-0.1, -0.05) is 11.6 Å². The van der Waals surface area contributed by atoms with E-state index in [0.29, 0.717) is 47.0 Å². The van der Waals surface area contributed by atoms with Crippen molar-refractivity contribution in [2.45, 2.75) is 18.9 Å². The first-order valence-electron chi connectivity index (χ1n) is 12.5. The van der Waals surface area contributed by atoms with Gasteiger partial charge in [0.25, 0.3) is 5.91 Å². The highest BCUT2D eigenvalue weighted by molar-refractivity contribution is 6.30. The van der Waals surface area contributed by atoms with Crippen LogP contribution in [0.1, 0.15) is 12.8 Å². The molecule has 1 saturated heterocycles. The molecule has 0 unspecified atom stereocenters. The molecule has 0 radical (unpaired) electrons. The van der Waals surface area contributed by atoms with Crippen LogP contribution < -0.4 is 10.1 Å². The van der Waals surface area contributed by atoms with Gasteiger partial charge in [-0.2, -0.15) is 4.98 Å². The number of fused-ring (bicyclic) bond motifs is 1. The first-order valence-corrected chi connectivity index (χ1v) is 12.9. The van der Waals surface area contributed by atoms with E-state index >= 15 is 0 Å². The molecule has 2 aromatic carbocycles. The van der Waals surface area contributed by atoms with E-state index in [2.05, 4.69) is 15.3 Å². The van der Waals surface area contributed by atoms with E-state index in [4.69, 9.17) is 25.7 Å². The Hall–Kier alpha value is -4.44. The normalized spacial score (nSPS) is 14.1. The van der Waals surface area contributed by atoms with Crippen molar-refractivity contribution in [2.75, 3.05) is 25.0 Å². The van der Waals surface area contributed by atoms with Crippen molar-refractivity contribution in [3.8, 4) is 28.4 Å². The van der Waals surface area contributed by atoms with Crippen LogP contribution in [-0.2, 0) is 4.79 Å². The maximum absolute atomic E-state index is 13.5. The van der Waals surface area contributed by atoms with Crippen molar-refractivity contribution in [1.29, 1.82) is 0 Å². The molecule has 1 aliphatic heterocycles. The fourth-order valence-electron chi connectivity index (χ4n) is 4.62. The van der Waals surface area contributed by atoms with Gasteiger partial charge in [0.2, 0.25) is 5.95 Å². The number of hydrogen-bond donors (Lipinski definition) is 1. The molecule has 1 fully saturated rings. The molecule has 4 heterocycles. The lowest BCUT2D eigenvalue weighted by Crippen LogP contribution is -2.44. The first kappa shape index (κ1) is 24.9. The summed E-state index contributed by atoms with van der Waals surface area (Å²) >= 11 is 5.89. The Morgan fingerprint density at radius 1 is 1.08 bits per heavy atom. The molecular formula is C28H24ClFN6O3. The molecule has 1 amide bonds. The Labute approximate surface area is 228 Å². The molecule has 198 valence electrons. The van der Waals surface area contributed by atoms with Gasteiger partial charge in [-0.3, -0.25) is 9.20 Å². The lowest BCUT2D eigenvalue weighted by molar-refractivity contribution is -0.134. The summed E-state index contributed by atoms with van der Waals surface area (Å²) in [7, 11) is 0. The molecule has 0 saturated carbocycles. The zero-order valence-electron chi connectivity index (χ0n) is 20.8. The Morgan fingerprint density at radius 3 is 2.62 bits per heavy atom. The van der Waals surface area contributed by atoms with E-state index in [0.717, 1.165) is 24.1 Å². The van der Waals surface area contributed by atoms with Crippen LogP contribution in [0.4, 0.5) is 10.3 Å². The number of nitrogens with one attached hydrogen (secondary N) is 1. The molecule has 11 heteroatoms. The van der Waals surface area contributed by atoms with Gasteiger partial charge in [0, 0.05) is 42.1 Å². The van der Waals surface area contributed by atoms with Crippen molar-refractivity contribution in [1.82, 2.24) is 24.3 Å². The summed E-state index contributed by atoms with van der Waals surface area (Å²) < 4.78 is 26.4. The number of nitrogens with zero attached hydrogens (tertiary/aromatic N) is 5. The minimum atomic E-state index is -0.321. The zero-order valence-corrected chi connectivity index (χ0v) is 21.5. The second-order valence-corrected chi connectivity index (χ2v) is 9.62. The second kappa shape index (κ2) is 10.7. The van der Waals surface area contributed by atoms with Crippen LogP contribution in [0.2, 0.25) is 5.02 Å². The number of carbonyl (C=O) groups excluding carboxylic acids is 1. The number of halogens is 2. The molecular weight excluding hydrogens is 523 g/mol. The molecule has 0 bridgehead atoms. The van der Waals surface area contributed by atoms with E-state index in [1.807, 2.05) is 4.90 Å². The van der Waals surface area contributed by atoms with Crippen LogP contribution >= 0.6 is 11.6 Å². The fraction of sp³-hybridized carbons (Fsp3) is 0.214. The topological polar surface area (TPSA) is 97.8 Å². The number of likely N-dealkylation sites (tertiary alicyclic amines) is 1. The van der Waals surface area contributed by atoms with Gasteiger partial charge in [-0.15, -0.1) is 0 Å². The van der Waals surface area contributed by atoms with E-state index in [-0.39, 0.29) is 24.4 Å². The van der Waals surface area contributed by atoms with Crippen molar-refractivity contribution in [3.05, 3.63) is 84.1 Å². The zero-order chi connectivity index (χ0) is 26.8. The Morgan fingerprint density at radius 2 is 1.85 bits per heavy atom. The van der Waals surface area contributed by atoms with Gasteiger partial charge in [0.15, 0.2) is 6.61 Å². The third-order valence-corrected chi connectivity index (χ3v) is 6.89. The summed E-state index contributed by atoms with van der Waals surface area (Å²) in [6, 6.07) is 15.0. The Kier molecular flexibility index (Phi) is 6.85. The fourth-order valence-corrected chi connectivity index (χ4v) is 4.75. The van der Waals surface area contributed by atoms with Gasteiger partial charge in [0.05, 0.1) is 5.69 Å². The second-order valence-electron chi connectivity index (χ2n) is 9.18. The summed E-state index contributed by atoms with van der Waals surface area (Å²) in [5, 5.41) is 4.02. The minimum absolute atomic E-state index is 0.0187. The van der Waals surface area contributed by atoms with E-state index in [1.165, 1.54) is 12.1 Å². The number of carbonyl (C=O) groups is 1. The van der Waals surface area contributed by atoms with Gasteiger partial charge in [-0.25, -0.2) is 14.4 Å². The number of rotatable bonds is 7. The molecule has 0 atom stereocenters. The number of piperidine rings is 1. The molecule has 6 rings (SSSR count). The Bertz CT molecular complexity index is 1590. The monoisotopic (exact) mass is 546 g/mol. The highest BCUT2D eigenvalue weighted by atomic mass is 35.5. The van der Waals surface area contributed by atoms with Crippen LogP contribution in [0.15, 0.2) is 77.7 Å². The number of hydrogen-bond acceptors (Lipinski definition) is 7. The number of amides is 1. The third-order valence-electron chi connectivity index (χ3n) is 6.63. The standard InChI is InChI=1S/C28H24ClFN6O3/c29-19-3-7-22(8-4-19)39-17-24(37)35-13-10-21(11-14-35)32-27-31-12-9-23(33-27)26-25(18-1-5-20(30)6-2-18)34-28-36(26)15-16-38-28/h1-9,12,15-16,21H,10-11,13-14,17H2,(H,31,32,33). The first-order chi connectivity index (χ1) is 19.0. The highest BCUT2D eigenvalue weighted by Gasteiger charge is 2.24. The lowest BCUT2D eigenvalue weighted by atomic mass is 10.1. The average molecular weight is 547 g/mol. The number of oxazole rings is 1. The van der Waals surface area contributed by atoms with Crippen molar-refractivity contribution >= 4 is 29.3 Å². The summed E-state index contributed by atoms with van der Waals surface area (Å²) in [5.74, 6) is 1.12. The van der Waals surface area contributed by atoms with E-state index in [1.54, 1.807) is 65.5 Å². The van der Waals surface area contributed by atoms with E-state index < -0.39 is 0 Å². The van der Waals surface area contributed by atoms with Crippen LogP contribution in [-0.4, -0.2) is 55.9 Å². The predicted octanol–water partition coefficient (Wildman–Crippen LogP) is 5.33. The third kappa shape index (κ3) is 5.42. The summed E-state index contributed by atoms with van der Waals surface area (Å²) in [6.45, 7) is 1.19. The van der Waals surface area contributed by atoms with Crippen LogP contribution in [0.25, 0.3) is 28.5 Å². The summed E-state index contributed by atoms with van der Waals surface area (Å²) in [6.07, 6.45) is 6.50. The summed E-state index contributed by atoms with van der Waals surface area (Å²) in [5.41, 5.74) is 2.74. The van der Waals surface area contributed by atoms with Gasteiger partial charge < -0.3 is 19.4 Å². The van der Waals surface area contributed by atoms with Crippen molar-refractivity contribution in [2.24, 2.45) is 0 Å². The Balaban J connectivity index is 1.12. The number of aromatic nitrogens is 4. The molecule has 9 nitrogen and oxygen atoms in total. The molecule has 1 N–H and O–H groups in total. The average Bonchev–Trinajstić information content (AvgIpc) is 3.55. The SMILES string of the molecule is O=C(COc1ccc(Cl)cc1)N1CCC(Nc2nccc(-c3c(-c4ccc(F)cc4)nc4occn34)n2)CC1. The molecule has 1 aliphatic rings. The molecule has 3 aromatic heterocycles. The number of ether oxygens (including phenoxy) is 1. The van der Waals surface area contributed by atoms with Crippen molar-refractivity contribution < 1.29 is 18.3 Å². The quantitative estimate of drug-likeness (QED) is 0.295. The number of anilines is 1. The largest absolute Gasteiger partial charge is 0.484 e. The van der Waals surface area contributed by atoms with Gasteiger partial charge in [-0.05, 0) is 67.4 Å². The van der Waals surface area contributed by atoms with Gasteiger partial charge >= 0.3 is 5.84 Å². The van der Waals surface area contributed by atoms with Gasteiger partial charge in [0.1, 0.15) is 29.2 Å². The van der Waals surface area contributed by atoms with Crippen LogP contribution in [0, 0.1) is 5.82 Å². The highest BCUT2D eigenvalue weighted by Crippen LogP contribution is 2.32.